The maximum absolute atomic E-state index is 14.5. The Morgan fingerprint density at radius 1 is 0.733 bits per heavy atom. The van der Waals surface area contributed by atoms with Crippen LogP contribution in [0.15, 0.2) is 89.9 Å². The molecular weight excluding hydrogens is 1130 g/mol. The Hall–Kier alpha value is -7.13. The van der Waals surface area contributed by atoms with E-state index in [0.717, 1.165) is 5.56 Å². The molecular formula is C57H75N9O20. The second-order valence-corrected chi connectivity index (χ2v) is 22.1. The summed E-state index contributed by atoms with van der Waals surface area (Å²) in [6.45, 7) is 0.192. The third-order valence-corrected chi connectivity index (χ3v) is 16.1. The van der Waals surface area contributed by atoms with Gasteiger partial charge in [-0.3, -0.25) is 29.0 Å². The van der Waals surface area contributed by atoms with Gasteiger partial charge in [-0.1, -0.05) is 79.7 Å². The van der Waals surface area contributed by atoms with Crippen molar-refractivity contribution in [2.75, 3.05) is 46.0 Å². The van der Waals surface area contributed by atoms with Crippen LogP contribution in [0.25, 0.3) is 0 Å². The molecule has 0 aromatic heterocycles. The van der Waals surface area contributed by atoms with Gasteiger partial charge >= 0.3 is 6.09 Å². The Balaban J connectivity index is 0.825. The van der Waals surface area contributed by atoms with E-state index in [1.807, 2.05) is 30.3 Å². The molecule has 0 radical (unpaired) electrons. The molecule has 6 aliphatic heterocycles. The van der Waals surface area contributed by atoms with Crippen LogP contribution in [0, 0.1) is 5.92 Å². The fraction of sp³-hybridized carbons (Fsp3) is 0.561. The molecule has 6 heterocycles. The van der Waals surface area contributed by atoms with Gasteiger partial charge in [0.1, 0.15) is 91.5 Å². The highest BCUT2D eigenvalue weighted by Crippen LogP contribution is 2.35. The van der Waals surface area contributed by atoms with E-state index in [2.05, 4.69) is 36.9 Å². The van der Waals surface area contributed by atoms with E-state index in [1.165, 1.54) is 24.3 Å². The van der Waals surface area contributed by atoms with Crippen molar-refractivity contribution in [1.29, 1.82) is 0 Å². The monoisotopic (exact) mass is 1210 g/mol. The van der Waals surface area contributed by atoms with Crippen molar-refractivity contribution >= 4 is 41.6 Å². The number of piperidine rings is 1. The highest BCUT2D eigenvalue weighted by Gasteiger charge is 2.53. The minimum atomic E-state index is -1.85. The van der Waals surface area contributed by atoms with Gasteiger partial charge in [-0.05, 0) is 47.6 Å². The number of nitrogens with two attached hydrogens (primary N) is 1. The first kappa shape index (κ1) is 63.4. The fourth-order valence-corrected chi connectivity index (χ4v) is 11.1. The maximum atomic E-state index is 14.5. The van der Waals surface area contributed by atoms with Gasteiger partial charge in [0.2, 0.25) is 35.8 Å². The molecule has 468 valence electrons. The number of hydrogen-bond donors (Lipinski definition) is 14. The molecule has 3 aromatic rings. The van der Waals surface area contributed by atoms with E-state index in [9.17, 15) is 64.5 Å². The molecule has 86 heavy (non-hydrogen) atoms. The quantitative estimate of drug-likeness (QED) is 0.0644. The minimum Gasteiger partial charge on any atom is -0.462 e. The number of fused-ring (bicyclic) bond motifs is 1. The van der Waals surface area contributed by atoms with Crippen LogP contribution in [0.1, 0.15) is 48.8 Å². The number of ether oxygens (including phenoxy) is 7. The van der Waals surface area contributed by atoms with Crippen LogP contribution in [0.3, 0.4) is 0 Å². The number of likely N-dealkylation sites (tertiary alicyclic amines) is 1. The molecule has 6 amide bonds. The predicted octanol–water partition coefficient (Wildman–Crippen LogP) is -4.43. The zero-order valence-corrected chi connectivity index (χ0v) is 46.9. The lowest BCUT2D eigenvalue weighted by Gasteiger charge is -2.49. The van der Waals surface area contributed by atoms with Gasteiger partial charge in [0.15, 0.2) is 18.5 Å². The summed E-state index contributed by atoms with van der Waals surface area (Å²) >= 11 is 0. The van der Waals surface area contributed by atoms with Gasteiger partial charge in [0.25, 0.3) is 0 Å². The topological polar surface area (TPSA) is 422 Å². The first-order valence-electron chi connectivity index (χ1n) is 28.5. The smallest absolute Gasteiger partial charge is 0.410 e. The minimum absolute atomic E-state index is 0.0450. The zero-order valence-electron chi connectivity index (χ0n) is 46.9. The van der Waals surface area contributed by atoms with Crippen LogP contribution in [0.4, 0.5) is 4.79 Å². The molecule has 15 N–H and O–H groups in total. The van der Waals surface area contributed by atoms with E-state index in [1.54, 1.807) is 42.2 Å². The normalized spacial score (nSPS) is 33.1. The molecule has 18 atom stereocenters. The van der Waals surface area contributed by atoms with Gasteiger partial charge in [-0.15, -0.1) is 0 Å². The molecule has 3 aromatic carbocycles. The molecule has 0 aliphatic carbocycles. The third kappa shape index (κ3) is 15.5. The molecule has 6 aliphatic rings. The summed E-state index contributed by atoms with van der Waals surface area (Å²) in [5.74, 6) is -5.38. The first-order chi connectivity index (χ1) is 41.4. The van der Waals surface area contributed by atoms with Crippen molar-refractivity contribution in [2.45, 2.75) is 149 Å². The average Bonchev–Trinajstić information content (AvgIpc) is 2.85. The lowest BCUT2D eigenvalue weighted by atomic mass is 9.92. The summed E-state index contributed by atoms with van der Waals surface area (Å²) in [5.41, 5.74) is 7.67. The number of aliphatic hydroxyl groups is 7. The third-order valence-electron chi connectivity index (χ3n) is 16.1. The Labute approximate surface area is 493 Å². The SMILES string of the molecule is CC(c1ccccc1)C1NC(=O)CNC(=O)C(CO)NC(=O)C(C(O)C2CN=C(N)N2)NC(=O)C(Cc2ccc(OC3OC(CO)C(OC4OC5COC(CC6CCN(C(=O)OCc7ccccc7)CC6)OC5C(O)C4O)C(O)C3O)cc2)NC1=O. The fourth-order valence-electron chi connectivity index (χ4n) is 11.1. The predicted molar refractivity (Wildman–Crippen MR) is 296 cm³/mol. The number of guanidine groups is 1. The number of carbonyl (C=O) groups excluding carboxylic acids is 6. The van der Waals surface area contributed by atoms with Gasteiger partial charge in [-0.25, -0.2) is 4.79 Å². The van der Waals surface area contributed by atoms with Crippen molar-refractivity contribution < 1.29 is 97.7 Å². The Morgan fingerprint density at radius 2 is 1.41 bits per heavy atom. The number of rotatable bonds is 16. The number of aliphatic imine (C=N–C) groups is 1. The Kier molecular flexibility index (Phi) is 21.4. The molecule has 5 saturated heterocycles. The number of carbonyl (C=O) groups is 6. The number of nitrogens with zero attached hydrogens (tertiary/aromatic N) is 2. The van der Waals surface area contributed by atoms with E-state index in [4.69, 9.17) is 38.9 Å². The number of amides is 6. The van der Waals surface area contributed by atoms with E-state index < -0.39 is 165 Å². The van der Waals surface area contributed by atoms with Crippen molar-refractivity contribution in [3.8, 4) is 5.75 Å². The lowest BCUT2D eigenvalue weighted by Crippen LogP contribution is -2.66. The van der Waals surface area contributed by atoms with E-state index in [-0.39, 0.29) is 43.8 Å². The summed E-state index contributed by atoms with van der Waals surface area (Å²) in [6.07, 6.45) is -16.6. The number of hydrogen-bond acceptors (Lipinski definition) is 23. The standard InChI is InChI=1S/C57H75N9O20/c1-28(32-10-6-3-7-11-32)41-52(77)61-34(51(76)65-42(43(70)35-22-60-56(58)63-35)53(78)62-36(24-67)50(75)59-23-39(69)64-41)20-29-12-14-33(15-13-29)82-54-46(73)44(71)48(37(25-68)83-54)86-55-47(74)45(72)49-38(84-55)27-80-40(85-49)21-30-16-18-66(19-17-30)57(79)81-26-31-8-4-2-5-9-31/h2-15,28,30,34-38,40-49,54-55,67-68,70-74H,16-27H2,1H3,(H,59,75)(H,61,77)(H,62,78)(H,64,69)(H,65,76)(H3,58,60,63). The molecule has 9 rings (SSSR count). The lowest BCUT2D eigenvalue weighted by molar-refractivity contribution is -0.382. The molecule has 29 nitrogen and oxygen atoms in total. The second kappa shape index (κ2) is 29.0. The van der Waals surface area contributed by atoms with Gasteiger partial charge in [0.05, 0.1) is 39.0 Å². The van der Waals surface area contributed by atoms with E-state index >= 15 is 0 Å². The average molecular weight is 1210 g/mol. The van der Waals surface area contributed by atoms with Crippen molar-refractivity contribution in [3.63, 3.8) is 0 Å². The molecule has 5 fully saturated rings. The van der Waals surface area contributed by atoms with Crippen LogP contribution in [0.5, 0.6) is 5.75 Å². The van der Waals surface area contributed by atoms with E-state index in [0.29, 0.717) is 43.5 Å². The van der Waals surface area contributed by atoms with Gasteiger partial charge in [0, 0.05) is 31.8 Å². The van der Waals surface area contributed by atoms with Crippen LogP contribution in [-0.4, -0.2) is 232 Å². The zero-order chi connectivity index (χ0) is 61.2. The van der Waals surface area contributed by atoms with Gasteiger partial charge in [-0.2, -0.15) is 0 Å². The summed E-state index contributed by atoms with van der Waals surface area (Å²) in [4.78, 5) is 87.8. The van der Waals surface area contributed by atoms with Crippen LogP contribution in [0.2, 0.25) is 0 Å². The van der Waals surface area contributed by atoms with Crippen LogP contribution >= 0.6 is 0 Å². The number of aliphatic hydroxyl groups excluding tert-OH is 7. The summed E-state index contributed by atoms with van der Waals surface area (Å²) in [7, 11) is 0. The second-order valence-electron chi connectivity index (χ2n) is 22.1. The molecule has 0 saturated carbocycles. The van der Waals surface area contributed by atoms with Crippen LogP contribution in [-0.2, 0) is 65.4 Å². The molecule has 18 unspecified atom stereocenters. The largest absolute Gasteiger partial charge is 0.462 e. The van der Waals surface area contributed by atoms with Crippen molar-refractivity contribution in [1.82, 2.24) is 36.8 Å². The van der Waals surface area contributed by atoms with Crippen LogP contribution < -0.4 is 42.4 Å². The first-order valence-corrected chi connectivity index (χ1v) is 28.5. The molecule has 0 spiro atoms. The number of benzene rings is 3. The highest BCUT2D eigenvalue weighted by molar-refractivity contribution is 5.98. The summed E-state index contributed by atoms with van der Waals surface area (Å²) in [6, 6.07) is 16.4. The maximum Gasteiger partial charge on any atom is 0.410 e. The van der Waals surface area contributed by atoms with Gasteiger partial charge < -0.3 is 111 Å². The van der Waals surface area contributed by atoms with Crippen molar-refractivity contribution in [2.24, 2.45) is 16.6 Å². The molecule has 29 heteroatoms. The molecule has 0 bridgehead atoms. The highest BCUT2D eigenvalue weighted by atomic mass is 16.8. The number of nitrogens with one attached hydrogen (secondary N) is 6. The Bertz CT molecular complexity index is 2820. The summed E-state index contributed by atoms with van der Waals surface area (Å²) < 4.78 is 41.4. The Morgan fingerprint density at radius 3 is 2.08 bits per heavy atom. The summed E-state index contributed by atoms with van der Waals surface area (Å²) in [5, 5.41) is 92.7. The van der Waals surface area contributed by atoms with Crippen molar-refractivity contribution in [3.05, 3.63) is 102 Å².